The van der Waals surface area contributed by atoms with Crippen molar-refractivity contribution in [3.05, 3.63) is 59.2 Å². The summed E-state index contributed by atoms with van der Waals surface area (Å²) >= 11 is 0. The molecule has 1 amide bonds. The molecule has 0 aliphatic carbocycles. The van der Waals surface area contributed by atoms with Gasteiger partial charge in [-0.1, -0.05) is 38.1 Å². The maximum Gasteiger partial charge on any atom is 0.331 e. The van der Waals surface area contributed by atoms with Gasteiger partial charge in [0.15, 0.2) is 17.6 Å². The summed E-state index contributed by atoms with van der Waals surface area (Å²) in [5.41, 5.74) is 3.51. The van der Waals surface area contributed by atoms with Gasteiger partial charge in [0.1, 0.15) is 0 Å². The third-order valence-corrected chi connectivity index (χ3v) is 4.74. The Kier molecular flexibility index (Phi) is 8.67. The summed E-state index contributed by atoms with van der Waals surface area (Å²) in [4.78, 5) is 24.8. The van der Waals surface area contributed by atoms with Crippen molar-refractivity contribution in [2.75, 3.05) is 19.0 Å². The zero-order valence-corrected chi connectivity index (χ0v) is 19.0. The molecule has 0 spiro atoms. The fourth-order valence-electron chi connectivity index (χ4n) is 3.06. The number of nitrogens with one attached hydrogen (secondary N) is 1. The molecule has 166 valence electrons. The highest BCUT2D eigenvalue weighted by atomic mass is 16.5. The van der Waals surface area contributed by atoms with E-state index in [1.807, 2.05) is 32.0 Å². The average Bonchev–Trinajstić information content (AvgIpc) is 2.74. The average molecular weight is 426 g/mol. The van der Waals surface area contributed by atoms with Gasteiger partial charge in [-0.05, 0) is 61.6 Å². The Morgan fingerprint density at radius 2 is 1.84 bits per heavy atom. The molecule has 2 aromatic rings. The fourth-order valence-corrected chi connectivity index (χ4v) is 3.06. The second kappa shape index (κ2) is 11.2. The zero-order chi connectivity index (χ0) is 23.0. The lowest BCUT2D eigenvalue weighted by molar-refractivity contribution is -0.148. The lowest BCUT2D eigenvalue weighted by Crippen LogP contribution is -2.30. The van der Waals surface area contributed by atoms with E-state index >= 15 is 0 Å². The number of hydrogen-bond donors (Lipinski definition) is 1. The van der Waals surface area contributed by atoms with Crippen molar-refractivity contribution < 1.29 is 23.8 Å². The summed E-state index contributed by atoms with van der Waals surface area (Å²) < 4.78 is 16.1. The Balaban J connectivity index is 2.02. The first-order valence-corrected chi connectivity index (χ1v) is 10.4. The number of rotatable bonds is 9. The Morgan fingerprint density at radius 1 is 1.10 bits per heavy atom. The fraction of sp³-hybridized carbons (Fsp3) is 0.360. The minimum absolute atomic E-state index is 0.252. The molecule has 0 aromatic heterocycles. The van der Waals surface area contributed by atoms with Gasteiger partial charge < -0.3 is 19.5 Å². The van der Waals surface area contributed by atoms with Crippen LogP contribution in [0, 0.1) is 6.92 Å². The van der Waals surface area contributed by atoms with Gasteiger partial charge in [0.2, 0.25) is 0 Å². The van der Waals surface area contributed by atoms with Gasteiger partial charge in [0.25, 0.3) is 5.91 Å². The standard InChI is InChI=1S/C25H31NO5/c1-7-30-21-13-11-19(15-22(21)29-6)12-14-23(27)31-18(5)25(28)26-24-17(4)9-8-10-20(24)16(2)3/h8-16,18H,7H2,1-6H3,(H,26,28)/b14-12+/t18-/m1/s1. The van der Waals surface area contributed by atoms with E-state index in [4.69, 9.17) is 14.2 Å². The van der Waals surface area contributed by atoms with Crippen LogP contribution >= 0.6 is 0 Å². The second-order valence-corrected chi connectivity index (χ2v) is 7.44. The molecular weight excluding hydrogens is 394 g/mol. The SMILES string of the molecule is CCOc1ccc(/C=C/C(=O)O[C@H](C)C(=O)Nc2c(C)cccc2C(C)C)cc1OC. The summed E-state index contributed by atoms with van der Waals surface area (Å²) in [5.74, 6) is 0.475. The van der Waals surface area contributed by atoms with E-state index in [-0.39, 0.29) is 11.8 Å². The van der Waals surface area contributed by atoms with Crippen LogP contribution in [0.15, 0.2) is 42.5 Å². The molecule has 31 heavy (non-hydrogen) atoms. The van der Waals surface area contributed by atoms with Crippen molar-refractivity contribution in [1.29, 1.82) is 0 Å². The van der Waals surface area contributed by atoms with E-state index in [9.17, 15) is 9.59 Å². The molecule has 6 heteroatoms. The first-order chi connectivity index (χ1) is 14.8. The Hall–Kier alpha value is -3.28. The molecule has 0 fully saturated rings. The molecule has 0 aliphatic rings. The maximum absolute atomic E-state index is 12.6. The van der Waals surface area contributed by atoms with Crippen molar-refractivity contribution in [2.24, 2.45) is 0 Å². The van der Waals surface area contributed by atoms with Crippen molar-refractivity contribution >= 4 is 23.6 Å². The van der Waals surface area contributed by atoms with Crippen LogP contribution in [0.2, 0.25) is 0 Å². The number of para-hydroxylation sites is 1. The topological polar surface area (TPSA) is 73.9 Å². The predicted octanol–water partition coefficient (Wildman–Crippen LogP) is 5.11. The van der Waals surface area contributed by atoms with Crippen LogP contribution in [0.1, 0.15) is 50.3 Å². The molecule has 2 aromatic carbocycles. The number of hydrogen-bond acceptors (Lipinski definition) is 5. The van der Waals surface area contributed by atoms with Gasteiger partial charge in [-0.3, -0.25) is 4.79 Å². The number of carbonyl (C=O) groups is 2. The van der Waals surface area contributed by atoms with E-state index in [1.54, 1.807) is 38.3 Å². The van der Waals surface area contributed by atoms with Gasteiger partial charge >= 0.3 is 5.97 Å². The molecule has 1 N–H and O–H groups in total. The number of aryl methyl sites for hydroxylation is 1. The van der Waals surface area contributed by atoms with Gasteiger partial charge in [0.05, 0.1) is 13.7 Å². The molecule has 1 atom stereocenters. The second-order valence-electron chi connectivity index (χ2n) is 7.44. The van der Waals surface area contributed by atoms with Gasteiger partial charge in [-0.15, -0.1) is 0 Å². The van der Waals surface area contributed by atoms with Gasteiger partial charge in [0, 0.05) is 11.8 Å². The minimum Gasteiger partial charge on any atom is -0.493 e. The molecule has 2 rings (SSSR count). The Bertz CT molecular complexity index is 949. The van der Waals surface area contributed by atoms with Gasteiger partial charge in [-0.25, -0.2) is 4.79 Å². The lowest BCUT2D eigenvalue weighted by Gasteiger charge is -2.18. The largest absolute Gasteiger partial charge is 0.493 e. The molecule has 0 bridgehead atoms. The molecule has 0 saturated heterocycles. The number of esters is 1. The van der Waals surface area contributed by atoms with Crippen LogP contribution < -0.4 is 14.8 Å². The summed E-state index contributed by atoms with van der Waals surface area (Å²) in [6.45, 7) is 10.0. The summed E-state index contributed by atoms with van der Waals surface area (Å²) in [6, 6.07) is 11.2. The molecule has 6 nitrogen and oxygen atoms in total. The van der Waals surface area contributed by atoms with E-state index < -0.39 is 12.1 Å². The monoisotopic (exact) mass is 425 g/mol. The molecule has 0 unspecified atom stereocenters. The van der Waals surface area contributed by atoms with Gasteiger partial charge in [-0.2, -0.15) is 0 Å². The number of carbonyl (C=O) groups excluding carboxylic acids is 2. The first kappa shape index (κ1) is 24.0. The summed E-state index contributed by atoms with van der Waals surface area (Å²) in [7, 11) is 1.55. The van der Waals surface area contributed by atoms with Crippen LogP contribution in [0.4, 0.5) is 5.69 Å². The predicted molar refractivity (Wildman–Crippen MR) is 123 cm³/mol. The first-order valence-electron chi connectivity index (χ1n) is 10.4. The smallest absolute Gasteiger partial charge is 0.331 e. The Labute approximate surface area is 184 Å². The molecule has 0 saturated carbocycles. The molecule has 0 radical (unpaired) electrons. The van der Waals surface area contributed by atoms with Crippen molar-refractivity contribution in [3.63, 3.8) is 0 Å². The highest BCUT2D eigenvalue weighted by molar-refractivity contribution is 5.97. The van der Waals surface area contributed by atoms with Crippen LogP contribution in [0.3, 0.4) is 0 Å². The van der Waals surface area contributed by atoms with Crippen molar-refractivity contribution in [1.82, 2.24) is 0 Å². The molecule has 0 aliphatic heterocycles. The van der Waals surface area contributed by atoms with E-state index in [0.717, 1.165) is 22.4 Å². The third kappa shape index (κ3) is 6.60. The summed E-state index contributed by atoms with van der Waals surface area (Å²) in [6.07, 6.45) is 1.95. The van der Waals surface area contributed by atoms with Crippen LogP contribution in [0.25, 0.3) is 6.08 Å². The number of amides is 1. The number of anilines is 1. The quantitative estimate of drug-likeness (QED) is 0.446. The third-order valence-electron chi connectivity index (χ3n) is 4.74. The molecular formula is C25H31NO5. The lowest BCUT2D eigenvalue weighted by atomic mass is 9.98. The maximum atomic E-state index is 12.6. The number of methoxy groups -OCH3 is 1. The Morgan fingerprint density at radius 3 is 2.48 bits per heavy atom. The van der Waals surface area contributed by atoms with Crippen LogP contribution in [0.5, 0.6) is 11.5 Å². The zero-order valence-electron chi connectivity index (χ0n) is 19.0. The number of ether oxygens (including phenoxy) is 3. The van der Waals surface area contributed by atoms with E-state index in [0.29, 0.717) is 18.1 Å². The normalized spacial score (nSPS) is 12.0. The highest BCUT2D eigenvalue weighted by Gasteiger charge is 2.19. The van der Waals surface area contributed by atoms with Crippen LogP contribution in [-0.2, 0) is 14.3 Å². The highest BCUT2D eigenvalue weighted by Crippen LogP contribution is 2.29. The molecule has 0 heterocycles. The summed E-state index contributed by atoms with van der Waals surface area (Å²) in [5, 5.41) is 2.90. The van der Waals surface area contributed by atoms with E-state index in [1.165, 1.54) is 6.08 Å². The van der Waals surface area contributed by atoms with Crippen molar-refractivity contribution in [3.8, 4) is 11.5 Å². The van der Waals surface area contributed by atoms with E-state index in [2.05, 4.69) is 19.2 Å². The minimum atomic E-state index is -0.938. The number of benzene rings is 2. The van der Waals surface area contributed by atoms with Crippen LogP contribution in [-0.4, -0.2) is 31.7 Å². The van der Waals surface area contributed by atoms with Crippen molar-refractivity contribution in [2.45, 2.75) is 46.6 Å².